The van der Waals surface area contributed by atoms with Crippen molar-refractivity contribution in [3.63, 3.8) is 0 Å². The van der Waals surface area contributed by atoms with E-state index in [4.69, 9.17) is 14.2 Å². The lowest BCUT2D eigenvalue weighted by molar-refractivity contribution is -0.204. The molecule has 8 nitrogen and oxygen atoms in total. The second-order valence-electron chi connectivity index (χ2n) is 14.8. The van der Waals surface area contributed by atoms with Crippen molar-refractivity contribution in [3.8, 4) is 0 Å². The highest BCUT2D eigenvalue weighted by atomic mass is 16.6. The molecule has 2 N–H and O–H groups in total. The normalized spacial score (nSPS) is 36.5. The molecule has 4 aliphatic rings. The number of ether oxygens (including phenoxy) is 3. The van der Waals surface area contributed by atoms with Gasteiger partial charge in [-0.1, -0.05) is 91.2 Å². The minimum Gasteiger partial charge on any atom is -0.461 e. The summed E-state index contributed by atoms with van der Waals surface area (Å²) in [6.45, 7) is 12.8. The molecule has 8 atom stereocenters. The summed E-state index contributed by atoms with van der Waals surface area (Å²) in [5.74, 6) is -1.69. The number of aliphatic hydroxyl groups is 2. The van der Waals surface area contributed by atoms with E-state index in [1.165, 1.54) is 52.4 Å². The van der Waals surface area contributed by atoms with Crippen LogP contribution in [0.15, 0.2) is 23.3 Å². The van der Waals surface area contributed by atoms with Gasteiger partial charge in [-0.15, -0.1) is 0 Å². The maximum Gasteiger partial charge on any atom is 0.306 e. The van der Waals surface area contributed by atoms with Crippen LogP contribution in [0.25, 0.3) is 0 Å². The molecule has 2 saturated carbocycles. The molecule has 44 heavy (non-hydrogen) atoms. The molecule has 0 aliphatic heterocycles. The highest BCUT2D eigenvalue weighted by Crippen LogP contribution is 2.76. The van der Waals surface area contributed by atoms with Crippen LogP contribution in [-0.2, 0) is 28.6 Å². The number of hydrogen-bond donors (Lipinski definition) is 2. The Morgan fingerprint density at radius 2 is 1.57 bits per heavy atom. The van der Waals surface area contributed by atoms with Crippen LogP contribution in [0, 0.1) is 28.6 Å². The number of unbranched alkanes of at least 4 members (excludes halogenated alkanes) is 8. The fourth-order valence-corrected chi connectivity index (χ4v) is 9.35. The van der Waals surface area contributed by atoms with E-state index in [9.17, 15) is 24.6 Å². The van der Waals surface area contributed by atoms with Gasteiger partial charge >= 0.3 is 17.9 Å². The second-order valence-corrected chi connectivity index (χ2v) is 14.8. The second kappa shape index (κ2) is 13.3. The Morgan fingerprint density at radius 3 is 2.16 bits per heavy atom. The molecule has 2 fully saturated rings. The van der Waals surface area contributed by atoms with Crippen LogP contribution in [0.2, 0.25) is 0 Å². The van der Waals surface area contributed by atoms with Gasteiger partial charge < -0.3 is 24.4 Å². The molecule has 1 spiro atoms. The first-order valence-electron chi connectivity index (χ1n) is 17.0. The van der Waals surface area contributed by atoms with Gasteiger partial charge in [-0.25, -0.2) is 0 Å². The first-order valence-corrected chi connectivity index (χ1v) is 17.0. The number of esters is 3. The average molecular weight is 617 g/mol. The molecule has 0 aromatic heterocycles. The van der Waals surface area contributed by atoms with E-state index in [2.05, 4.69) is 20.8 Å². The van der Waals surface area contributed by atoms with Crippen molar-refractivity contribution in [2.45, 2.75) is 149 Å². The van der Waals surface area contributed by atoms with E-state index in [0.29, 0.717) is 30.4 Å². The summed E-state index contributed by atoms with van der Waals surface area (Å²) in [4.78, 5) is 37.4. The zero-order chi connectivity index (χ0) is 32.5. The monoisotopic (exact) mass is 616 g/mol. The van der Waals surface area contributed by atoms with E-state index < -0.39 is 40.8 Å². The summed E-state index contributed by atoms with van der Waals surface area (Å²) in [5, 5.41) is 24.5. The maximum absolute atomic E-state index is 13.4. The van der Waals surface area contributed by atoms with Crippen LogP contribution >= 0.6 is 0 Å². The lowest BCUT2D eigenvalue weighted by Crippen LogP contribution is -2.63. The molecule has 0 amide bonds. The standard InChI is InChI=1S/C36H56O8/c1-8-9-10-11-12-13-14-15-16-17-29(39)44-35-20-24(3)34-19-23(2)32(43-26(5)38)36(34,41)31(40)28(22-42-25(4)37)18-27(21-34)30(35)33(35,6)7/h18-19,24,27,30-32,40-41H,8-17,20-22H2,1-7H3/t24-,27-,30-,31-,32+,34-,35+,36+/m1/s1. The minimum atomic E-state index is -1.88. The Bertz CT molecular complexity index is 1150. The smallest absolute Gasteiger partial charge is 0.306 e. The van der Waals surface area contributed by atoms with E-state index >= 15 is 0 Å². The summed E-state index contributed by atoms with van der Waals surface area (Å²) in [7, 11) is 0. The first kappa shape index (κ1) is 34.7. The number of aliphatic hydroxyl groups excluding tert-OH is 1. The van der Waals surface area contributed by atoms with E-state index in [-0.39, 0.29) is 35.7 Å². The topological polar surface area (TPSA) is 119 Å². The summed E-state index contributed by atoms with van der Waals surface area (Å²) in [5.41, 5.74) is -2.86. The molecule has 0 radical (unpaired) electrons. The van der Waals surface area contributed by atoms with E-state index in [1.807, 2.05) is 26.0 Å². The molecule has 2 bridgehead atoms. The Kier molecular flexibility index (Phi) is 10.5. The van der Waals surface area contributed by atoms with Crippen LogP contribution in [-0.4, -0.2) is 58.1 Å². The highest BCUT2D eigenvalue weighted by molar-refractivity contribution is 5.71. The Balaban J connectivity index is 1.58. The number of allylic oxidation sites excluding steroid dienone is 1. The highest BCUT2D eigenvalue weighted by Gasteiger charge is 2.81. The van der Waals surface area contributed by atoms with Crippen molar-refractivity contribution in [3.05, 3.63) is 23.3 Å². The van der Waals surface area contributed by atoms with Crippen LogP contribution in [0.1, 0.15) is 126 Å². The predicted octanol–water partition coefficient (Wildman–Crippen LogP) is 6.36. The fraction of sp³-hybridized carbons (Fsp3) is 0.806. The van der Waals surface area contributed by atoms with Gasteiger partial charge in [0.05, 0.1) is 0 Å². The van der Waals surface area contributed by atoms with Gasteiger partial charge in [0, 0.05) is 37.0 Å². The van der Waals surface area contributed by atoms with Crippen molar-refractivity contribution in [1.82, 2.24) is 0 Å². The predicted molar refractivity (Wildman–Crippen MR) is 167 cm³/mol. The number of carbonyl (C=O) groups excluding carboxylic acids is 3. The SMILES string of the molecule is CCCCCCCCCCCC(=O)O[C@@]12C[C@@H](C)[C@]34C=C(C)[C@H](OC(C)=O)[C@@]3(O)[C@H](O)C(COC(C)=O)=C[C@H](C4)[C@@H]1C2(C)C. The summed E-state index contributed by atoms with van der Waals surface area (Å²) < 4.78 is 17.5. The third-order valence-corrected chi connectivity index (χ3v) is 11.5. The molecule has 0 aromatic rings. The molecule has 248 valence electrons. The van der Waals surface area contributed by atoms with Gasteiger partial charge in [0.2, 0.25) is 0 Å². The summed E-state index contributed by atoms with van der Waals surface area (Å²) in [6.07, 6.45) is 13.4. The van der Waals surface area contributed by atoms with Crippen LogP contribution in [0.5, 0.6) is 0 Å². The van der Waals surface area contributed by atoms with Crippen molar-refractivity contribution in [1.29, 1.82) is 0 Å². The number of rotatable bonds is 14. The van der Waals surface area contributed by atoms with Gasteiger partial charge in [0.25, 0.3) is 0 Å². The molecule has 0 heterocycles. The summed E-state index contributed by atoms with van der Waals surface area (Å²) >= 11 is 0. The fourth-order valence-electron chi connectivity index (χ4n) is 9.35. The van der Waals surface area contributed by atoms with Crippen LogP contribution in [0.4, 0.5) is 0 Å². The third-order valence-electron chi connectivity index (χ3n) is 11.5. The Morgan fingerprint density at radius 1 is 0.955 bits per heavy atom. The minimum absolute atomic E-state index is 0.0488. The number of hydrogen-bond acceptors (Lipinski definition) is 8. The van der Waals surface area contributed by atoms with Gasteiger partial charge in [-0.2, -0.15) is 0 Å². The molecule has 8 heteroatoms. The van der Waals surface area contributed by atoms with Crippen molar-refractivity contribution in [2.75, 3.05) is 6.61 Å². The molecule has 0 aromatic carbocycles. The molecule has 0 unspecified atom stereocenters. The number of fused-ring (bicyclic) bond motifs is 3. The lowest BCUT2D eigenvalue weighted by atomic mass is 9.59. The van der Waals surface area contributed by atoms with Gasteiger partial charge in [-0.05, 0) is 49.2 Å². The maximum atomic E-state index is 13.4. The average Bonchev–Trinajstić information content (AvgIpc) is 3.38. The zero-order valence-corrected chi connectivity index (χ0v) is 28.1. The van der Waals surface area contributed by atoms with Gasteiger partial charge in [-0.3, -0.25) is 14.4 Å². The quantitative estimate of drug-likeness (QED) is 0.100. The summed E-state index contributed by atoms with van der Waals surface area (Å²) in [6, 6.07) is 0. The first-order chi connectivity index (χ1) is 20.7. The van der Waals surface area contributed by atoms with Gasteiger partial charge in [0.15, 0.2) is 6.10 Å². The number of carbonyl (C=O) groups is 3. The van der Waals surface area contributed by atoms with Crippen molar-refractivity contribution >= 4 is 17.9 Å². The Hall–Kier alpha value is -2.19. The molecule has 0 saturated heterocycles. The molecular weight excluding hydrogens is 560 g/mol. The van der Waals surface area contributed by atoms with Crippen LogP contribution in [0.3, 0.4) is 0 Å². The van der Waals surface area contributed by atoms with E-state index in [1.54, 1.807) is 0 Å². The third kappa shape index (κ3) is 6.02. The lowest BCUT2D eigenvalue weighted by Gasteiger charge is -2.50. The molecular formula is C36H56O8. The molecule has 4 rings (SSSR count). The Labute approximate surface area is 264 Å². The van der Waals surface area contributed by atoms with E-state index in [0.717, 1.165) is 19.3 Å². The van der Waals surface area contributed by atoms with Crippen molar-refractivity contribution < 1.29 is 38.8 Å². The van der Waals surface area contributed by atoms with Crippen LogP contribution < -0.4 is 0 Å². The van der Waals surface area contributed by atoms with Crippen molar-refractivity contribution in [2.24, 2.45) is 28.6 Å². The van der Waals surface area contributed by atoms with Gasteiger partial charge in [0.1, 0.15) is 23.9 Å². The molecule has 4 aliphatic carbocycles. The zero-order valence-electron chi connectivity index (χ0n) is 28.1. The largest absolute Gasteiger partial charge is 0.461 e.